The molecule has 1 N–H and O–H groups in total. The number of carbonyl (C=O) groups excluding carboxylic acids is 1. The van der Waals surface area contributed by atoms with Gasteiger partial charge in [-0.05, 0) is 11.8 Å². The Morgan fingerprint density at radius 2 is 1.76 bits per heavy atom. The highest BCUT2D eigenvalue weighted by molar-refractivity contribution is 6.38. The topological polar surface area (TPSA) is 73.7 Å². The molecule has 1 aliphatic heterocycles. The third-order valence-corrected chi connectivity index (χ3v) is 4.81. The molecule has 0 aromatic carbocycles. The average Bonchev–Trinajstić information content (AvgIpc) is 2.71. The molecule has 0 bridgehead atoms. The average molecular weight is 388 g/mol. The van der Waals surface area contributed by atoms with Crippen LogP contribution < -0.4 is 4.90 Å². The Bertz CT molecular complexity index is 632. The number of anilines is 1. The van der Waals surface area contributed by atoms with Crippen molar-refractivity contribution in [3.05, 3.63) is 22.4 Å². The molecule has 8 heteroatoms. The van der Waals surface area contributed by atoms with Gasteiger partial charge in [0.05, 0.1) is 22.2 Å². The minimum Gasteiger partial charge on any atom is -0.481 e. The van der Waals surface area contributed by atoms with Crippen LogP contribution in [0, 0.1) is 5.41 Å². The lowest BCUT2D eigenvalue weighted by molar-refractivity contribution is -0.140. The second kappa shape index (κ2) is 8.23. The lowest BCUT2D eigenvalue weighted by atomic mass is 9.85. The largest absolute Gasteiger partial charge is 0.481 e. The second-order valence-electron chi connectivity index (χ2n) is 7.08. The van der Waals surface area contributed by atoms with Gasteiger partial charge < -0.3 is 14.9 Å². The number of pyridine rings is 1. The standard InChI is InChI=1S/C17H23Cl2N3O3/c1-17(2,9-15(24)25)8-14(23)21-4-3-5-22(7-6-21)16-12(18)10-20-11-13(16)19/h10-11H,3-9H2,1-2H3,(H,24,25). The molecule has 1 aromatic heterocycles. The van der Waals surface area contributed by atoms with Crippen LogP contribution in [0.2, 0.25) is 10.0 Å². The van der Waals surface area contributed by atoms with E-state index in [9.17, 15) is 9.59 Å². The Morgan fingerprint density at radius 1 is 1.12 bits per heavy atom. The minimum atomic E-state index is -0.887. The first-order chi connectivity index (χ1) is 11.7. The number of amides is 1. The Morgan fingerprint density at radius 3 is 2.36 bits per heavy atom. The predicted molar refractivity (Wildman–Crippen MR) is 98.3 cm³/mol. The van der Waals surface area contributed by atoms with Crippen LogP contribution >= 0.6 is 23.2 Å². The van der Waals surface area contributed by atoms with E-state index in [0.29, 0.717) is 29.7 Å². The van der Waals surface area contributed by atoms with Crippen molar-refractivity contribution in [3.63, 3.8) is 0 Å². The SMILES string of the molecule is CC(C)(CC(=O)O)CC(=O)N1CCCN(c2c(Cl)cncc2Cl)CC1. The molecule has 1 amide bonds. The highest BCUT2D eigenvalue weighted by Crippen LogP contribution is 2.33. The smallest absolute Gasteiger partial charge is 0.303 e. The molecule has 2 rings (SSSR count). The zero-order valence-corrected chi connectivity index (χ0v) is 16.0. The third-order valence-electron chi connectivity index (χ3n) is 4.25. The molecular formula is C17H23Cl2N3O3. The van der Waals surface area contributed by atoms with Crippen LogP contribution in [0.3, 0.4) is 0 Å². The fourth-order valence-electron chi connectivity index (χ4n) is 3.09. The zero-order chi connectivity index (χ0) is 18.6. The number of carboxylic acid groups (broad SMARTS) is 1. The molecule has 0 atom stereocenters. The number of aromatic nitrogens is 1. The lowest BCUT2D eigenvalue weighted by Crippen LogP contribution is -2.37. The highest BCUT2D eigenvalue weighted by atomic mass is 35.5. The van der Waals surface area contributed by atoms with Crippen LogP contribution in [0.25, 0.3) is 0 Å². The molecule has 0 unspecified atom stereocenters. The summed E-state index contributed by atoms with van der Waals surface area (Å²) in [6.07, 6.45) is 4.10. The molecule has 1 fully saturated rings. The number of halogens is 2. The number of aliphatic carboxylic acids is 1. The Hall–Kier alpha value is -1.53. The van der Waals surface area contributed by atoms with Crippen LogP contribution in [-0.4, -0.2) is 53.0 Å². The van der Waals surface area contributed by atoms with Crippen molar-refractivity contribution in [2.24, 2.45) is 5.41 Å². The van der Waals surface area contributed by atoms with Gasteiger partial charge in [-0.15, -0.1) is 0 Å². The highest BCUT2D eigenvalue weighted by Gasteiger charge is 2.29. The van der Waals surface area contributed by atoms with Gasteiger partial charge in [0.25, 0.3) is 0 Å². The van der Waals surface area contributed by atoms with Crippen LogP contribution in [-0.2, 0) is 9.59 Å². The molecular weight excluding hydrogens is 365 g/mol. The molecule has 1 aromatic rings. The van der Waals surface area contributed by atoms with Crippen molar-refractivity contribution in [2.75, 3.05) is 31.1 Å². The maximum Gasteiger partial charge on any atom is 0.303 e. The number of carbonyl (C=O) groups is 2. The number of rotatable bonds is 5. The summed E-state index contributed by atoms with van der Waals surface area (Å²) >= 11 is 12.5. The molecule has 1 saturated heterocycles. The first-order valence-electron chi connectivity index (χ1n) is 8.23. The van der Waals surface area contributed by atoms with Crippen LogP contribution in [0.1, 0.15) is 33.1 Å². The van der Waals surface area contributed by atoms with Gasteiger partial charge in [0.1, 0.15) is 0 Å². The Kier molecular flexibility index (Phi) is 6.52. The minimum absolute atomic E-state index is 0.0139. The van der Waals surface area contributed by atoms with E-state index in [0.717, 1.165) is 18.7 Å². The third kappa shape index (κ3) is 5.47. The summed E-state index contributed by atoms with van der Waals surface area (Å²) in [5, 5.41) is 9.96. The molecule has 6 nitrogen and oxygen atoms in total. The molecule has 138 valence electrons. The summed E-state index contributed by atoms with van der Waals surface area (Å²) < 4.78 is 0. The second-order valence-corrected chi connectivity index (χ2v) is 7.90. The van der Waals surface area contributed by atoms with Gasteiger partial charge in [0.15, 0.2) is 0 Å². The number of nitrogens with zero attached hydrogens (tertiary/aromatic N) is 3. The van der Waals surface area contributed by atoms with Gasteiger partial charge in [0.2, 0.25) is 5.91 Å². The normalized spacial score (nSPS) is 15.8. The first kappa shape index (κ1) is 19.8. The molecule has 0 spiro atoms. The number of hydrogen-bond acceptors (Lipinski definition) is 4. The lowest BCUT2D eigenvalue weighted by Gasteiger charge is -2.28. The van der Waals surface area contributed by atoms with Gasteiger partial charge >= 0.3 is 5.97 Å². The van der Waals surface area contributed by atoms with Crippen molar-refractivity contribution >= 4 is 40.8 Å². The van der Waals surface area contributed by atoms with Crippen LogP contribution in [0.15, 0.2) is 12.4 Å². The fourth-order valence-corrected chi connectivity index (χ4v) is 3.69. The number of carboxylic acids is 1. The van der Waals surface area contributed by atoms with Crippen molar-refractivity contribution in [3.8, 4) is 0 Å². The van der Waals surface area contributed by atoms with Crippen molar-refractivity contribution in [1.82, 2.24) is 9.88 Å². The quantitative estimate of drug-likeness (QED) is 0.838. The Balaban J connectivity index is 2.01. The van der Waals surface area contributed by atoms with Crippen LogP contribution in [0.4, 0.5) is 5.69 Å². The van der Waals surface area contributed by atoms with Gasteiger partial charge in [-0.3, -0.25) is 14.6 Å². The molecule has 25 heavy (non-hydrogen) atoms. The summed E-state index contributed by atoms with van der Waals surface area (Å²) in [7, 11) is 0. The molecule has 0 aliphatic carbocycles. The summed E-state index contributed by atoms with van der Waals surface area (Å²) in [5.41, 5.74) is 0.186. The van der Waals surface area contributed by atoms with Gasteiger partial charge in [0, 0.05) is 45.0 Å². The Labute approximate surface area is 157 Å². The summed E-state index contributed by atoms with van der Waals surface area (Å²) in [5.74, 6) is -0.901. The maximum absolute atomic E-state index is 12.6. The molecule has 1 aliphatic rings. The molecule has 2 heterocycles. The van der Waals surface area contributed by atoms with Crippen molar-refractivity contribution < 1.29 is 14.7 Å². The van der Waals surface area contributed by atoms with E-state index in [2.05, 4.69) is 9.88 Å². The summed E-state index contributed by atoms with van der Waals surface area (Å²) in [4.78, 5) is 31.3. The molecule has 0 saturated carbocycles. The summed E-state index contributed by atoms with van der Waals surface area (Å²) in [6.45, 7) is 6.16. The van der Waals surface area contributed by atoms with Gasteiger partial charge in [-0.1, -0.05) is 37.0 Å². The van der Waals surface area contributed by atoms with E-state index in [1.807, 2.05) is 0 Å². The van der Waals surface area contributed by atoms with Gasteiger partial charge in [-0.25, -0.2) is 0 Å². The van der Waals surface area contributed by atoms with E-state index in [1.54, 1.807) is 31.1 Å². The van der Waals surface area contributed by atoms with E-state index in [-0.39, 0.29) is 18.7 Å². The predicted octanol–water partition coefficient (Wildman–Crippen LogP) is 3.32. The van der Waals surface area contributed by atoms with Crippen molar-refractivity contribution in [2.45, 2.75) is 33.1 Å². The van der Waals surface area contributed by atoms with E-state index >= 15 is 0 Å². The monoisotopic (exact) mass is 387 g/mol. The van der Waals surface area contributed by atoms with E-state index in [1.165, 1.54) is 0 Å². The van der Waals surface area contributed by atoms with Gasteiger partial charge in [-0.2, -0.15) is 0 Å². The first-order valence-corrected chi connectivity index (χ1v) is 8.99. The van der Waals surface area contributed by atoms with E-state index < -0.39 is 11.4 Å². The zero-order valence-electron chi connectivity index (χ0n) is 14.5. The number of hydrogen-bond donors (Lipinski definition) is 1. The van der Waals surface area contributed by atoms with Crippen LogP contribution in [0.5, 0.6) is 0 Å². The van der Waals surface area contributed by atoms with Crippen molar-refractivity contribution in [1.29, 1.82) is 0 Å². The summed E-state index contributed by atoms with van der Waals surface area (Å²) in [6, 6.07) is 0. The molecule has 0 radical (unpaired) electrons. The van der Waals surface area contributed by atoms with E-state index in [4.69, 9.17) is 28.3 Å². The maximum atomic E-state index is 12.6. The fraction of sp³-hybridized carbons (Fsp3) is 0.588.